The van der Waals surface area contributed by atoms with Crippen molar-refractivity contribution in [2.45, 2.75) is 5.60 Å². The Morgan fingerprint density at radius 1 is 0.758 bits per heavy atom. The van der Waals surface area contributed by atoms with E-state index < -0.39 is 15.8 Å². The summed E-state index contributed by atoms with van der Waals surface area (Å²) in [7, 11) is 2.84. The van der Waals surface area contributed by atoms with Crippen LogP contribution in [0, 0.1) is 10.2 Å². The largest absolute Gasteiger partial charge is 0.378 e. The molecule has 0 N–H and O–H groups in total. The zero-order valence-electron chi connectivity index (χ0n) is 18.7. The first-order chi connectivity index (χ1) is 15.6. The molecular weight excluding hydrogens is 462 g/mol. The lowest BCUT2D eigenvalue weighted by molar-refractivity contribution is -1.92. The molecule has 4 rings (SSSR count). The Bertz CT molecular complexity index is 1150. The molecule has 9 heteroatoms. The number of anilines is 2. The van der Waals surface area contributed by atoms with Crippen LogP contribution < -0.4 is 23.8 Å². The van der Waals surface area contributed by atoms with Crippen LogP contribution in [-0.2, 0) is 9.89 Å². The molecule has 0 atom stereocenters. The maximum atomic E-state index is 12.1. The molecule has 0 aliphatic carbocycles. The van der Waals surface area contributed by atoms with Crippen molar-refractivity contribution in [2.24, 2.45) is 0 Å². The van der Waals surface area contributed by atoms with Crippen molar-refractivity contribution in [3.8, 4) is 0 Å². The van der Waals surface area contributed by atoms with Gasteiger partial charge < -0.3 is 9.80 Å². The standard InChI is InChI=1S/C24H24ClN3O4S/c1-27(2)19-13-9-17(10-14-19)24(32-25(29,30)31,18-11-15-20(16-12-18)28(3)4)23-26-21-7-5-6-8-22(21)33-23/h5-16H,1-4H3. The predicted octanol–water partition coefficient (Wildman–Crippen LogP) is 1.63. The number of nitrogens with zero attached hydrogens (tertiary/aromatic N) is 3. The van der Waals surface area contributed by atoms with Gasteiger partial charge in [-0.15, -0.1) is 11.3 Å². The lowest BCUT2D eigenvalue weighted by atomic mass is 9.86. The summed E-state index contributed by atoms with van der Waals surface area (Å²) in [6.45, 7) is 0. The fourth-order valence-electron chi connectivity index (χ4n) is 3.69. The second kappa shape index (κ2) is 8.90. The Balaban J connectivity index is 2.02. The number of hydrogen-bond donors (Lipinski definition) is 0. The third kappa shape index (κ3) is 4.67. The van der Waals surface area contributed by atoms with Crippen LogP contribution in [0.5, 0.6) is 0 Å². The molecule has 0 amide bonds. The predicted molar refractivity (Wildman–Crippen MR) is 122 cm³/mol. The van der Waals surface area contributed by atoms with Gasteiger partial charge in [-0.3, -0.25) is 0 Å². The van der Waals surface area contributed by atoms with E-state index in [0.717, 1.165) is 16.1 Å². The van der Waals surface area contributed by atoms with Crippen molar-refractivity contribution >= 4 is 32.9 Å². The number of rotatable bonds is 7. The van der Waals surface area contributed by atoms with Gasteiger partial charge in [0.1, 0.15) is 0 Å². The van der Waals surface area contributed by atoms with E-state index in [1.807, 2.05) is 86.5 Å². The van der Waals surface area contributed by atoms with E-state index in [1.54, 1.807) is 24.3 Å². The Hall–Kier alpha value is -2.72. The summed E-state index contributed by atoms with van der Waals surface area (Å²) >= 11 is 1.29. The van der Waals surface area contributed by atoms with Crippen molar-refractivity contribution in [2.75, 3.05) is 38.0 Å². The highest BCUT2D eigenvalue weighted by atomic mass is 35.7. The van der Waals surface area contributed by atoms with Crippen LogP contribution in [0.1, 0.15) is 16.1 Å². The second-order valence-corrected chi connectivity index (χ2v) is 9.95. The summed E-state index contributed by atoms with van der Waals surface area (Å²) in [6, 6.07) is 21.9. The number of benzene rings is 3. The zero-order chi connectivity index (χ0) is 23.8. The molecule has 0 bridgehead atoms. The van der Waals surface area contributed by atoms with E-state index in [4.69, 9.17) is 9.27 Å². The summed E-state index contributed by atoms with van der Waals surface area (Å²) in [5, 5.41) is 0.353. The van der Waals surface area contributed by atoms with Gasteiger partial charge in [0.2, 0.25) is 0 Å². The van der Waals surface area contributed by atoms with Crippen LogP contribution in [0.3, 0.4) is 0 Å². The topological polar surface area (TPSA) is 97.8 Å². The normalized spacial score (nSPS) is 12.2. The van der Waals surface area contributed by atoms with Gasteiger partial charge in [-0.25, -0.2) is 4.98 Å². The van der Waals surface area contributed by atoms with E-state index in [-0.39, 0.29) is 0 Å². The molecule has 172 valence electrons. The fraction of sp³-hybridized carbons (Fsp3) is 0.208. The lowest BCUT2D eigenvalue weighted by Gasteiger charge is -2.29. The highest BCUT2D eigenvalue weighted by Crippen LogP contribution is 2.45. The average Bonchev–Trinajstić information content (AvgIpc) is 3.21. The smallest absolute Gasteiger partial charge is 0.324 e. The van der Waals surface area contributed by atoms with Crippen LogP contribution >= 0.6 is 11.3 Å². The minimum atomic E-state index is -4.80. The van der Waals surface area contributed by atoms with Gasteiger partial charge in [-0.05, 0) is 36.4 Å². The monoisotopic (exact) mass is 485 g/mol. The van der Waals surface area contributed by atoms with Gasteiger partial charge in [-0.1, -0.05) is 36.4 Å². The molecule has 33 heavy (non-hydrogen) atoms. The van der Waals surface area contributed by atoms with Crippen LogP contribution in [0.4, 0.5) is 11.4 Å². The summed E-state index contributed by atoms with van der Waals surface area (Å²) in [5.74, 6) is 0. The summed E-state index contributed by atoms with van der Waals surface area (Å²) < 4.78 is 42.5. The first-order valence-corrected chi connectivity index (χ1v) is 12.2. The maximum absolute atomic E-state index is 12.1. The van der Waals surface area contributed by atoms with E-state index in [2.05, 4.69) is 0 Å². The molecule has 0 aliphatic heterocycles. The Kier molecular flexibility index (Phi) is 6.32. The maximum Gasteiger partial charge on any atom is 0.324 e. The van der Waals surface area contributed by atoms with Crippen molar-refractivity contribution in [1.82, 2.24) is 4.98 Å². The third-order valence-corrected chi connectivity index (χ3v) is 6.94. The minimum absolute atomic E-state index is 0.353. The number of aromatic nitrogens is 1. The summed E-state index contributed by atoms with van der Waals surface area (Å²) in [6.07, 6.45) is 0. The fourth-order valence-corrected chi connectivity index (χ4v) is 5.41. The molecule has 0 fully saturated rings. The molecule has 0 saturated heterocycles. The molecule has 4 aromatic rings. The third-order valence-electron chi connectivity index (χ3n) is 5.39. The molecular formula is C24H24ClN3O4S. The molecule has 0 aliphatic rings. The van der Waals surface area contributed by atoms with E-state index in [1.165, 1.54) is 11.3 Å². The van der Waals surface area contributed by atoms with Gasteiger partial charge in [-0.2, -0.15) is 14.0 Å². The minimum Gasteiger partial charge on any atom is -0.378 e. The summed E-state index contributed by atoms with van der Waals surface area (Å²) in [5.41, 5.74) is 1.75. The number of halogens is 1. The highest BCUT2D eigenvalue weighted by molar-refractivity contribution is 7.18. The number of fused-ring (bicyclic) bond motifs is 1. The first kappa shape index (κ1) is 23.4. The Labute approximate surface area is 198 Å². The van der Waals surface area contributed by atoms with Gasteiger partial charge in [0, 0.05) is 50.7 Å². The SMILES string of the molecule is CN(C)c1ccc(C(O[Cl+3]([O-])([O-])[O-])(c2ccc(N(C)C)cc2)c2nc3ccccc3s2)cc1. The second-order valence-electron chi connectivity index (χ2n) is 8.01. The summed E-state index contributed by atoms with van der Waals surface area (Å²) in [4.78, 5) is 8.56. The molecule has 1 heterocycles. The van der Waals surface area contributed by atoms with Gasteiger partial charge in [0.25, 0.3) is 0 Å². The van der Waals surface area contributed by atoms with Crippen molar-refractivity contribution in [3.05, 3.63) is 88.9 Å². The van der Waals surface area contributed by atoms with Crippen molar-refractivity contribution < 1.29 is 28.5 Å². The molecule has 1 aromatic heterocycles. The molecule has 0 saturated carbocycles. The molecule has 0 unspecified atom stereocenters. The van der Waals surface area contributed by atoms with Crippen LogP contribution in [-0.4, -0.2) is 33.2 Å². The van der Waals surface area contributed by atoms with E-state index >= 15 is 0 Å². The number of para-hydroxylation sites is 1. The lowest BCUT2D eigenvalue weighted by Crippen LogP contribution is -2.64. The van der Waals surface area contributed by atoms with Crippen LogP contribution in [0.15, 0.2) is 72.8 Å². The van der Waals surface area contributed by atoms with Crippen LogP contribution in [0.25, 0.3) is 10.2 Å². The Morgan fingerprint density at radius 2 is 1.24 bits per heavy atom. The quantitative estimate of drug-likeness (QED) is 0.392. The van der Waals surface area contributed by atoms with Crippen LogP contribution in [0.2, 0.25) is 0 Å². The zero-order valence-corrected chi connectivity index (χ0v) is 20.3. The van der Waals surface area contributed by atoms with Gasteiger partial charge in [0.05, 0.1) is 24.7 Å². The molecule has 7 nitrogen and oxygen atoms in total. The van der Waals surface area contributed by atoms with Gasteiger partial charge in [0.15, 0.2) is 5.01 Å². The number of thiazole rings is 1. The molecule has 3 aromatic carbocycles. The van der Waals surface area contributed by atoms with Gasteiger partial charge >= 0.3 is 5.60 Å². The Morgan fingerprint density at radius 3 is 1.67 bits per heavy atom. The highest BCUT2D eigenvalue weighted by Gasteiger charge is 2.54. The molecule has 0 spiro atoms. The number of hydrogen-bond acceptors (Lipinski definition) is 8. The first-order valence-electron chi connectivity index (χ1n) is 10.1. The van der Waals surface area contributed by atoms with E-state index in [9.17, 15) is 14.0 Å². The van der Waals surface area contributed by atoms with Crippen molar-refractivity contribution in [3.63, 3.8) is 0 Å². The molecule has 0 radical (unpaired) electrons. The van der Waals surface area contributed by atoms with Crippen molar-refractivity contribution in [1.29, 1.82) is 0 Å². The van der Waals surface area contributed by atoms with E-state index in [0.29, 0.717) is 21.7 Å². The average molecular weight is 486 g/mol.